The Kier molecular flexibility index (Phi) is 11.1. The van der Waals surface area contributed by atoms with E-state index in [-0.39, 0.29) is 39.5 Å². The predicted molar refractivity (Wildman–Crippen MR) is 55.5 cm³/mol. The summed E-state index contributed by atoms with van der Waals surface area (Å²) in [4.78, 5) is 7.07. The van der Waals surface area contributed by atoms with Crippen molar-refractivity contribution in [2.75, 3.05) is 0 Å². The average molecular weight is 199 g/mol. The van der Waals surface area contributed by atoms with Gasteiger partial charge in [-0.15, -0.1) is 0 Å². The molecule has 1 aromatic carbocycles. The average Bonchev–Trinajstić information content (AvgIpc) is 2.33. The fraction of sp³-hybridized carbons (Fsp3) is 0. The molecule has 0 saturated carbocycles. The van der Waals surface area contributed by atoms with Crippen molar-refractivity contribution in [3.05, 3.63) is 30.6 Å². The lowest BCUT2D eigenvalue weighted by molar-refractivity contribution is 0.823. The summed E-state index contributed by atoms with van der Waals surface area (Å²) in [6.45, 7) is 0. The molecule has 13 heavy (non-hydrogen) atoms. The van der Waals surface area contributed by atoms with Crippen LogP contribution in [-0.2, 0) is 0 Å². The van der Waals surface area contributed by atoms with E-state index in [4.69, 9.17) is 0 Å². The second-order valence-electron chi connectivity index (χ2n) is 1.92. The number of para-hydroxylation sites is 2. The van der Waals surface area contributed by atoms with Gasteiger partial charge in [-0.3, -0.25) is 0 Å². The van der Waals surface area contributed by atoms with Crippen LogP contribution in [0.4, 0.5) is 0 Å². The van der Waals surface area contributed by atoms with Crippen molar-refractivity contribution < 1.29 is 16.4 Å². The van der Waals surface area contributed by atoms with Gasteiger partial charge < -0.3 is 21.4 Å². The Morgan fingerprint density at radius 2 is 1.62 bits per heavy atom. The van der Waals surface area contributed by atoms with E-state index in [9.17, 15) is 0 Å². The van der Waals surface area contributed by atoms with Crippen molar-refractivity contribution in [3.63, 3.8) is 0 Å². The second-order valence-corrected chi connectivity index (χ2v) is 1.92. The Morgan fingerprint density at radius 1 is 1.00 bits per heavy atom. The van der Waals surface area contributed by atoms with Crippen molar-refractivity contribution >= 4 is 34.1 Å². The molecule has 0 fully saturated rings. The van der Waals surface area contributed by atoms with Gasteiger partial charge in [0.25, 0.3) is 0 Å². The molecule has 0 saturated heterocycles. The number of hydrogen-bond acceptors (Lipinski definition) is 1. The first-order valence-corrected chi connectivity index (χ1v) is 2.85. The Morgan fingerprint density at radius 3 is 2.23 bits per heavy atom. The summed E-state index contributed by atoms with van der Waals surface area (Å²) in [6, 6.07) is 7.94. The molecule has 5 nitrogen and oxygen atoms in total. The molecule has 0 aliphatic carbocycles. The highest BCUT2D eigenvalue weighted by Gasteiger charge is 1.88. The first-order chi connectivity index (χ1) is 4.47. The van der Waals surface area contributed by atoms with Gasteiger partial charge in [-0.1, -0.05) is 12.1 Å². The summed E-state index contributed by atoms with van der Waals surface area (Å²) in [5.41, 5.74) is 2.12. The van der Waals surface area contributed by atoms with Crippen LogP contribution in [0, 0.1) is 0 Å². The summed E-state index contributed by atoms with van der Waals surface area (Å²) in [5, 5.41) is 0. The quantitative estimate of drug-likeness (QED) is 0.492. The topological polar surface area (TPSA) is 123 Å². The van der Waals surface area contributed by atoms with Crippen LogP contribution in [0.1, 0.15) is 0 Å². The lowest BCUT2D eigenvalue weighted by Gasteiger charge is -1.81. The van der Waals surface area contributed by atoms with Gasteiger partial charge in [-0.2, -0.15) is 0 Å². The van der Waals surface area contributed by atoms with E-state index in [1.807, 2.05) is 24.3 Å². The van der Waals surface area contributed by atoms with Gasteiger partial charge in [0.05, 0.1) is 17.4 Å². The minimum atomic E-state index is 0. The maximum atomic E-state index is 4.06. The molecule has 0 aliphatic rings. The third kappa shape index (κ3) is 3.70. The van der Waals surface area contributed by atoms with Gasteiger partial charge in [0, 0.05) is 0 Å². The maximum Gasteiger partial charge on any atom is 0.316 e. The number of rotatable bonds is 0. The highest BCUT2D eigenvalue weighted by atomic mass is 24.3. The van der Waals surface area contributed by atoms with Gasteiger partial charge in [-0.05, 0) is 12.1 Å². The summed E-state index contributed by atoms with van der Waals surface area (Å²) in [5.74, 6) is 0. The minimum absolute atomic E-state index is 0. The van der Waals surface area contributed by atoms with Gasteiger partial charge in [0.15, 0.2) is 0 Å². The number of benzene rings is 1. The van der Waals surface area contributed by atoms with Crippen LogP contribution < -0.4 is 0 Å². The van der Waals surface area contributed by atoms with Crippen LogP contribution >= 0.6 is 0 Å². The van der Waals surface area contributed by atoms with E-state index in [1.165, 1.54) is 0 Å². The number of hydrogen-bond donors (Lipinski definition) is 1. The van der Waals surface area contributed by atoms with Crippen LogP contribution in [0.15, 0.2) is 30.6 Å². The van der Waals surface area contributed by atoms with Crippen molar-refractivity contribution in [2.45, 2.75) is 0 Å². The van der Waals surface area contributed by atoms with E-state index in [1.54, 1.807) is 6.33 Å². The van der Waals surface area contributed by atoms with Crippen molar-refractivity contribution in [2.24, 2.45) is 0 Å². The molecule has 1 heterocycles. The molecule has 0 atom stereocenters. The fourth-order valence-corrected chi connectivity index (χ4v) is 0.880. The number of nitrogens with one attached hydrogen (secondary N) is 1. The van der Waals surface area contributed by atoms with E-state index in [2.05, 4.69) is 9.97 Å². The zero-order valence-corrected chi connectivity index (χ0v) is 6.33. The second kappa shape index (κ2) is 7.96. The number of aromatic amines is 1. The summed E-state index contributed by atoms with van der Waals surface area (Å²) < 4.78 is 0. The zero-order chi connectivity index (χ0) is 6.10. The molecular weight excluding hydrogens is 184 g/mol. The smallest absolute Gasteiger partial charge is 0.316 e. The molecule has 0 aliphatic heterocycles. The molecule has 0 bridgehead atoms. The predicted octanol–water partition coefficient (Wildman–Crippen LogP) is -1.83. The van der Waals surface area contributed by atoms with Crippen LogP contribution in [0.25, 0.3) is 11.0 Å². The van der Waals surface area contributed by atoms with Gasteiger partial charge in [0.1, 0.15) is 0 Å². The largest absolute Gasteiger partial charge is 0.412 e. The van der Waals surface area contributed by atoms with E-state index in [0.29, 0.717) is 0 Å². The Bertz CT molecular complexity index is 296. The van der Waals surface area contributed by atoms with Crippen LogP contribution in [-0.4, -0.2) is 49.4 Å². The third-order valence-corrected chi connectivity index (χ3v) is 1.33. The molecule has 0 amide bonds. The molecule has 7 N–H and O–H groups in total. The lowest BCUT2D eigenvalue weighted by atomic mass is 10.3. The van der Waals surface area contributed by atoms with E-state index in [0.717, 1.165) is 11.0 Å². The van der Waals surface area contributed by atoms with Crippen LogP contribution in [0.2, 0.25) is 0 Å². The van der Waals surface area contributed by atoms with Crippen LogP contribution in [0.5, 0.6) is 0 Å². The highest BCUT2D eigenvalue weighted by Crippen LogP contribution is 2.05. The molecule has 2 rings (SSSR count). The Hall–Kier alpha value is -0.664. The Labute approximate surface area is 91.3 Å². The fourth-order valence-electron chi connectivity index (χ4n) is 0.880. The number of nitrogens with zero attached hydrogens (tertiary/aromatic N) is 1. The first kappa shape index (κ1) is 18.2. The number of aromatic nitrogens is 2. The molecular formula is C7H14MgN2O3. The minimum Gasteiger partial charge on any atom is -0.412 e. The number of imidazole rings is 1. The van der Waals surface area contributed by atoms with Gasteiger partial charge in [0.2, 0.25) is 0 Å². The summed E-state index contributed by atoms with van der Waals surface area (Å²) in [7, 11) is 0. The van der Waals surface area contributed by atoms with Crippen LogP contribution in [0.3, 0.4) is 0 Å². The number of fused-ring (bicyclic) bond motifs is 1. The first-order valence-electron chi connectivity index (χ1n) is 2.85. The SMILES string of the molecule is O.O.O.[MgH2].c1ccc2[nH]cnc2c1. The molecule has 1 aromatic heterocycles. The van der Waals surface area contributed by atoms with Crippen molar-refractivity contribution in [3.8, 4) is 0 Å². The lowest BCUT2D eigenvalue weighted by Crippen LogP contribution is -1.63. The van der Waals surface area contributed by atoms with Crippen molar-refractivity contribution in [1.82, 2.24) is 9.97 Å². The maximum absolute atomic E-state index is 4.06. The van der Waals surface area contributed by atoms with Gasteiger partial charge in [-0.25, -0.2) is 4.98 Å². The van der Waals surface area contributed by atoms with E-state index < -0.39 is 0 Å². The normalized spacial score (nSPS) is 7.08. The monoisotopic (exact) mass is 198 g/mol. The summed E-state index contributed by atoms with van der Waals surface area (Å²) >= 11 is 0. The molecule has 0 unspecified atom stereocenters. The highest BCUT2D eigenvalue weighted by molar-refractivity contribution is 5.75. The molecule has 6 heteroatoms. The van der Waals surface area contributed by atoms with E-state index >= 15 is 0 Å². The third-order valence-electron chi connectivity index (χ3n) is 1.33. The molecule has 0 radical (unpaired) electrons. The molecule has 72 valence electrons. The Balaban J connectivity index is -0.000000250. The standard InChI is InChI=1S/C7H6N2.Mg.3H2O.2H/c1-2-4-7-6(3-1)8-5-9-7;;;;;;/h1-5H,(H,8,9);;3*1H2;;. The molecule has 2 aromatic rings. The summed E-state index contributed by atoms with van der Waals surface area (Å²) in [6.07, 6.45) is 1.70. The zero-order valence-electron chi connectivity index (χ0n) is 6.33. The number of H-pyrrole nitrogens is 1. The van der Waals surface area contributed by atoms with Crippen molar-refractivity contribution in [1.29, 1.82) is 0 Å². The molecule has 0 spiro atoms. The van der Waals surface area contributed by atoms with Gasteiger partial charge >= 0.3 is 23.1 Å².